The Morgan fingerprint density at radius 1 is 1.18 bits per heavy atom. The van der Waals surface area contributed by atoms with Gasteiger partial charge < -0.3 is 15.5 Å². The van der Waals surface area contributed by atoms with Gasteiger partial charge in [-0.05, 0) is 44.7 Å². The number of carbonyl (C=O) groups is 1. The Hall–Kier alpha value is -1.81. The number of furan rings is 1. The van der Waals surface area contributed by atoms with Crippen LogP contribution in [0.2, 0.25) is 0 Å². The monoisotopic (exact) mass is 302 g/mol. The minimum absolute atomic E-state index is 0.191. The van der Waals surface area contributed by atoms with E-state index in [4.69, 9.17) is 10.2 Å². The molecule has 4 nitrogen and oxygen atoms in total. The van der Waals surface area contributed by atoms with Gasteiger partial charge in [-0.15, -0.1) is 0 Å². The Labute approximate surface area is 132 Å². The number of carbonyl (C=O) groups excluding carboxylic acids is 1. The summed E-state index contributed by atoms with van der Waals surface area (Å²) in [5.74, 6) is 0.200. The molecular formula is C18H26N2O2. The molecular weight excluding hydrogens is 276 g/mol. The molecule has 0 aliphatic heterocycles. The molecule has 1 aromatic heterocycles. The maximum atomic E-state index is 12.5. The first-order valence-electron chi connectivity index (χ1n) is 7.89. The summed E-state index contributed by atoms with van der Waals surface area (Å²) in [6.45, 7) is 10.5. The van der Waals surface area contributed by atoms with Gasteiger partial charge in [-0.2, -0.15) is 0 Å². The standard InChI is InChI=1S/C18H26N2O2/c1-6-18(19,7-2)10-20-17(21)16-13(5)14-11(3)8-9-12(4)15(14)22-16/h8-9H,6-7,10,19H2,1-5H3,(H,20,21). The van der Waals surface area contributed by atoms with E-state index in [0.29, 0.717) is 12.3 Å². The lowest BCUT2D eigenvalue weighted by Gasteiger charge is -2.26. The summed E-state index contributed by atoms with van der Waals surface area (Å²) >= 11 is 0. The Morgan fingerprint density at radius 3 is 2.32 bits per heavy atom. The molecule has 0 saturated carbocycles. The van der Waals surface area contributed by atoms with Gasteiger partial charge in [0.05, 0.1) is 0 Å². The number of rotatable bonds is 5. The lowest BCUT2D eigenvalue weighted by molar-refractivity contribution is 0.0915. The van der Waals surface area contributed by atoms with Gasteiger partial charge in [-0.3, -0.25) is 4.79 Å². The smallest absolute Gasteiger partial charge is 0.287 e. The molecule has 0 bridgehead atoms. The highest BCUT2D eigenvalue weighted by molar-refractivity contribution is 6.00. The van der Waals surface area contributed by atoms with E-state index in [2.05, 4.69) is 11.4 Å². The second kappa shape index (κ2) is 6.13. The number of hydrogen-bond donors (Lipinski definition) is 2. The summed E-state index contributed by atoms with van der Waals surface area (Å²) in [5.41, 5.74) is 9.73. The molecule has 2 rings (SSSR count). The third kappa shape index (κ3) is 2.88. The summed E-state index contributed by atoms with van der Waals surface area (Å²) in [5, 5.41) is 3.96. The Balaban J connectivity index is 2.32. The van der Waals surface area contributed by atoms with Crippen molar-refractivity contribution in [2.75, 3.05) is 6.54 Å². The van der Waals surface area contributed by atoms with Gasteiger partial charge in [0, 0.05) is 23.0 Å². The predicted molar refractivity (Wildman–Crippen MR) is 90.3 cm³/mol. The Bertz CT molecular complexity index is 697. The van der Waals surface area contributed by atoms with Crippen molar-refractivity contribution >= 4 is 16.9 Å². The van der Waals surface area contributed by atoms with Gasteiger partial charge in [0.15, 0.2) is 5.76 Å². The third-order valence-electron chi connectivity index (χ3n) is 4.70. The maximum Gasteiger partial charge on any atom is 0.287 e. The average Bonchev–Trinajstić information content (AvgIpc) is 2.87. The predicted octanol–water partition coefficient (Wildman–Crippen LogP) is 3.61. The third-order valence-corrected chi connectivity index (χ3v) is 4.70. The van der Waals surface area contributed by atoms with Crippen molar-refractivity contribution in [2.45, 2.75) is 53.0 Å². The van der Waals surface area contributed by atoms with E-state index < -0.39 is 0 Å². The second-order valence-corrected chi connectivity index (χ2v) is 6.21. The van der Waals surface area contributed by atoms with Crippen LogP contribution in [-0.4, -0.2) is 18.0 Å². The molecule has 1 heterocycles. The van der Waals surface area contributed by atoms with Gasteiger partial charge in [0.1, 0.15) is 5.58 Å². The first-order valence-corrected chi connectivity index (χ1v) is 7.89. The molecule has 0 atom stereocenters. The highest BCUT2D eigenvalue weighted by Gasteiger charge is 2.24. The van der Waals surface area contributed by atoms with Gasteiger partial charge in [0.2, 0.25) is 0 Å². The van der Waals surface area contributed by atoms with E-state index in [1.54, 1.807) is 0 Å². The zero-order valence-corrected chi connectivity index (χ0v) is 14.2. The zero-order chi connectivity index (χ0) is 16.5. The van der Waals surface area contributed by atoms with Crippen molar-refractivity contribution in [3.05, 3.63) is 34.6 Å². The quantitative estimate of drug-likeness (QED) is 0.886. The minimum atomic E-state index is -0.360. The van der Waals surface area contributed by atoms with E-state index >= 15 is 0 Å². The number of fused-ring (bicyclic) bond motifs is 1. The summed E-state index contributed by atoms with van der Waals surface area (Å²) < 4.78 is 5.85. The van der Waals surface area contributed by atoms with Gasteiger partial charge in [-0.1, -0.05) is 26.0 Å². The normalized spacial score (nSPS) is 11.9. The molecule has 3 N–H and O–H groups in total. The molecule has 1 amide bonds. The van der Waals surface area contributed by atoms with Crippen LogP contribution in [0.4, 0.5) is 0 Å². The molecule has 0 unspecified atom stereocenters. The van der Waals surface area contributed by atoms with Crippen LogP contribution in [0.1, 0.15) is 53.9 Å². The molecule has 1 aromatic carbocycles. The topological polar surface area (TPSA) is 68.3 Å². The van der Waals surface area contributed by atoms with Gasteiger partial charge in [0.25, 0.3) is 5.91 Å². The number of benzene rings is 1. The fourth-order valence-electron chi connectivity index (χ4n) is 2.73. The van der Waals surface area contributed by atoms with Crippen LogP contribution in [0, 0.1) is 20.8 Å². The van der Waals surface area contributed by atoms with Crippen molar-refractivity contribution in [2.24, 2.45) is 5.73 Å². The minimum Gasteiger partial charge on any atom is -0.450 e. The molecule has 0 saturated heterocycles. The molecule has 120 valence electrons. The molecule has 0 fully saturated rings. The van der Waals surface area contributed by atoms with Crippen LogP contribution >= 0.6 is 0 Å². The molecule has 0 spiro atoms. The van der Waals surface area contributed by atoms with E-state index in [1.165, 1.54) is 0 Å². The highest BCUT2D eigenvalue weighted by atomic mass is 16.3. The van der Waals surface area contributed by atoms with Crippen molar-refractivity contribution in [3.63, 3.8) is 0 Å². The number of nitrogens with one attached hydrogen (secondary N) is 1. The fourth-order valence-corrected chi connectivity index (χ4v) is 2.73. The first-order chi connectivity index (χ1) is 10.3. The van der Waals surface area contributed by atoms with Crippen LogP contribution in [0.3, 0.4) is 0 Å². The molecule has 0 radical (unpaired) electrons. The van der Waals surface area contributed by atoms with E-state index in [1.807, 2.05) is 40.7 Å². The van der Waals surface area contributed by atoms with E-state index in [9.17, 15) is 4.79 Å². The SMILES string of the molecule is CCC(N)(CC)CNC(=O)c1oc2c(C)ccc(C)c2c1C. The van der Waals surface area contributed by atoms with Crippen LogP contribution in [0.25, 0.3) is 11.0 Å². The number of hydrogen-bond acceptors (Lipinski definition) is 3. The van der Waals surface area contributed by atoms with Crippen LogP contribution in [0.15, 0.2) is 16.5 Å². The summed E-state index contributed by atoms with van der Waals surface area (Å²) in [4.78, 5) is 12.5. The highest BCUT2D eigenvalue weighted by Crippen LogP contribution is 2.30. The van der Waals surface area contributed by atoms with Gasteiger partial charge >= 0.3 is 0 Å². The van der Waals surface area contributed by atoms with Crippen LogP contribution in [0.5, 0.6) is 0 Å². The molecule has 0 aliphatic rings. The Kier molecular flexibility index (Phi) is 4.61. The molecule has 0 aliphatic carbocycles. The van der Waals surface area contributed by atoms with Crippen molar-refractivity contribution < 1.29 is 9.21 Å². The zero-order valence-electron chi connectivity index (χ0n) is 14.2. The van der Waals surface area contributed by atoms with Crippen LogP contribution < -0.4 is 11.1 Å². The molecule has 4 heteroatoms. The summed E-state index contributed by atoms with van der Waals surface area (Å²) in [6.07, 6.45) is 1.64. The summed E-state index contributed by atoms with van der Waals surface area (Å²) in [7, 11) is 0. The average molecular weight is 302 g/mol. The Morgan fingerprint density at radius 2 is 1.77 bits per heavy atom. The van der Waals surface area contributed by atoms with Crippen molar-refractivity contribution in [3.8, 4) is 0 Å². The van der Waals surface area contributed by atoms with Crippen molar-refractivity contribution in [1.29, 1.82) is 0 Å². The maximum absolute atomic E-state index is 12.5. The molecule has 22 heavy (non-hydrogen) atoms. The second-order valence-electron chi connectivity index (χ2n) is 6.21. The number of aryl methyl sites for hydroxylation is 3. The van der Waals surface area contributed by atoms with Crippen LogP contribution in [-0.2, 0) is 0 Å². The fraction of sp³-hybridized carbons (Fsp3) is 0.500. The van der Waals surface area contributed by atoms with E-state index in [-0.39, 0.29) is 11.4 Å². The van der Waals surface area contributed by atoms with E-state index in [0.717, 1.165) is 40.5 Å². The van der Waals surface area contributed by atoms with Gasteiger partial charge in [-0.25, -0.2) is 0 Å². The largest absolute Gasteiger partial charge is 0.450 e. The lowest BCUT2D eigenvalue weighted by Crippen LogP contribution is -2.49. The lowest BCUT2D eigenvalue weighted by atomic mass is 9.94. The number of amides is 1. The first kappa shape index (κ1) is 16.6. The summed E-state index contributed by atoms with van der Waals surface area (Å²) in [6, 6.07) is 4.07. The number of nitrogens with two attached hydrogens (primary N) is 1. The van der Waals surface area contributed by atoms with Crippen molar-refractivity contribution in [1.82, 2.24) is 5.32 Å². The molecule has 2 aromatic rings.